The van der Waals surface area contributed by atoms with Gasteiger partial charge in [0.1, 0.15) is 0 Å². The van der Waals surface area contributed by atoms with Crippen molar-refractivity contribution >= 4 is 5.95 Å². The van der Waals surface area contributed by atoms with Gasteiger partial charge in [0.2, 0.25) is 11.8 Å². The monoisotopic (exact) mass is 254 g/mol. The second kappa shape index (κ2) is 8.66. The Kier molecular flexibility index (Phi) is 7.05. The van der Waals surface area contributed by atoms with Gasteiger partial charge in [0.05, 0.1) is 6.61 Å². The molecule has 0 spiro atoms. The van der Waals surface area contributed by atoms with E-state index < -0.39 is 0 Å². The number of aromatic nitrogens is 2. The van der Waals surface area contributed by atoms with Crippen LogP contribution in [0.4, 0.5) is 5.95 Å². The lowest BCUT2D eigenvalue weighted by Gasteiger charge is -2.16. The molecule has 6 nitrogen and oxygen atoms in total. The van der Waals surface area contributed by atoms with Crippen molar-refractivity contribution in [3.8, 4) is 5.88 Å². The van der Waals surface area contributed by atoms with E-state index in [1.54, 1.807) is 19.4 Å². The van der Waals surface area contributed by atoms with E-state index in [-0.39, 0.29) is 6.04 Å². The zero-order valence-electron chi connectivity index (χ0n) is 11.1. The molecule has 0 fully saturated rings. The third-order valence-corrected chi connectivity index (χ3v) is 2.37. The van der Waals surface area contributed by atoms with Crippen molar-refractivity contribution in [2.24, 2.45) is 5.73 Å². The molecular weight excluding hydrogens is 232 g/mol. The van der Waals surface area contributed by atoms with Gasteiger partial charge in [0.25, 0.3) is 0 Å². The first-order valence-electron chi connectivity index (χ1n) is 6.21. The zero-order chi connectivity index (χ0) is 13.2. The highest BCUT2D eigenvalue weighted by Gasteiger charge is 2.08. The largest absolute Gasteiger partial charge is 0.478 e. The molecule has 0 aliphatic rings. The van der Waals surface area contributed by atoms with Gasteiger partial charge in [0.15, 0.2) is 0 Å². The summed E-state index contributed by atoms with van der Waals surface area (Å²) in [5.74, 6) is 1.12. The third kappa shape index (κ3) is 5.29. The van der Waals surface area contributed by atoms with Crippen molar-refractivity contribution in [1.82, 2.24) is 9.97 Å². The Morgan fingerprint density at radius 1 is 1.44 bits per heavy atom. The van der Waals surface area contributed by atoms with Crippen LogP contribution in [-0.4, -0.2) is 42.9 Å². The molecule has 102 valence electrons. The van der Waals surface area contributed by atoms with Gasteiger partial charge in [-0.1, -0.05) is 6.92 Å². The predicted octanol–water partition coefficient (Wildman–Crippen LogP) is 1.04. The van der Waals surface area contributed by atoms with Gasteiger partial charge in [-0.25, -0.2) is 4.98 Å². The molecule has 0 aliphatic carbocycles. The smallest absolute Gasteiger partial charge is 0.226 e. The van der Waals surface area contributed by atoms with E-state index in [1.807, 2.05) is 0 Å². The Balaban J connectivity index is 2.53. The Hall–Kier alpha value is -1.40. The zero-order valence-corrected chi connectivity index (χ0v) is 11.1. The van der Waals surface area contributed by atoms with Crippen LogP contribution < -0.4 is 15.8 Å². The van der Waals surface area contributed by atoms with E-state index >= 15 is 0 Å². The number of ether oxygens (including phenoxy) is 2. The van der Waals surface area contributed by atoms with Crippen LogP contribution in [0.15, 0.2) is 12.3 Å². The number of hydrogen-bond acceptors (Lipinski definition) is 6. The quantitative estimate of drug-likeness (QED) is 0.685. The van der Waals surface area contributed by atoms with Gasteiger partial charge < -0.3 is 20.5 Å². The number of hydrogen-bond donors (Lipinski definition) is 2. The first kappa shape index (κ1) is 14.7. The van der Waals surface area contributed by atoms with Crippen LogP contribution >= 0.6 is 0 Å². The van der Waals surface area contributed by atoms with E-state index in [4.69, 9.17) is 15.2 Å². The fourth-order valence-corrected chi connectivity index (χ4v) is 1.39. The van der Waals surface area contributed by atoms with Crippen molar-refractivity contribution in [3.05, 3.63) is 12.3 Å². The molecule has 1 heterocycles. The standard InChI is InChI=1S/C12H22N4O2/c1-3-7-18-11-4-6-14-12(16-11)15-10(9-13)5-8-17-2/h4,6,10H,3,5,7-9,13H2,1-2H3,(H,14,15,16). The van der Waals surface area contributed by atoms with Crippen LogP contribution in [0, 0.1) is 0 Å². The van der Waals surface area contributed by atoms with Crippen LogP contribution in [-0.2, 0) is 4.74 Å². The molecule has 0 bridgehead atoms. The van der Waals surface area contributed by atoms with Crippen molar-refractivity contribution in [3.63, 3.8) is 0 Å². The van der Waals surface area contributed by atoms with Crippen LogP contribution in [0.3, 0.4) is 0 Å². The number of anilines is 1. The van der Waals surface area contributed by atoms with Crippen molar-refractivity contribution < 1.29 is 9.47 Å². The molecule has 0 saturated heterocycles. The maximum atomic E-state index is 5.67. The molecule has 0 aliphatic heterocycles. The van der Waals surface area contributed by atoms with Gasteiger partial charge in [0, 0.05) is 38.6 Å². The van der Waals surface area contributed by atoms with Crippen molar-refractivity contribution in [1.29, 1.82) is 0 Å². The molecule has 1 rings (SSSR count). The molecule has 3 N–H and O–H groups in total. The van der Waals surface area contributed by atoms with Gasteiger partial charge >= 0.3 is 0 Å². The number of nitrogens with zero attached hydrogens (tertiary/aromatic N) is 2. The average Bonchev–Trinajstić information content (AvgIpc) is 2.41. The summed E-state index contributed by atoms with van der Waals surface area (Å²) in [7, 11) is 1.67. The summed E-state index contributed by atoms with van der Waals surface area (Å²) in [6.07, 6.45) is 3.44. The van der Waals surface area contributed by atoms with Crippen LogP contribution in [0.5, 0.6) is 5.88 Å². The van der Waals surface area contributed by atoms with Gasteiger partial charge in [-0.2, -0.15) is 4.98 Å². The first-order chi connectivity index (χ1) is 8.80. The topological polar surface area (TPSA) is 82.3 Å². The fraction of sp³-hybridized carbons (Fsp3) is 0.667. The van der Waals surface area contributed by atoms with E-state index in [2.05, 4.69) is 22.2 Å². The second-order valence-electron chi connectivity index (χ2n) is 3.93. The normalized spacial score (nSPS) is 12.2. The summed E-state index contributed by atoms with van der Waals surface area (Å²) in [5.41, 5.74) is 5.67. The molecule has 0 saturated carbocycles. The Labute approximate surface area is 108 Å². The molecule has 1 unspecified atom stereocenters. The Morgan fingerprint density at radius 2 is 2.28 bits per heavy atom. The molecular formula is C12H22N4O2. The summed E-state index contributed by atoms with van der Waals surface area (Å²) < 4.78 is 10.5. The number of nitrogens with one attached hydrogen (secondary N) is 1. The SMILES string of the molecule is CCCOc1ccnc(NC(CN)CCOC)n1. The van der Waals surface area contributed by atoms with Gasteiger partial charge in [-0.3, -0.25) is 0 Å². The highest BCUT2D eigenvalue weighted by atomic mass is 16.5. The number of nitrogens with two attached hydrogens (primary N) is 1. The maximum absolute atomic E-state index is 5.67. The molecule has 1 atom stereocenters. The predicted molar refractivity (Wildman–Crippen MR) is 70.8 cm³/mol. The molecule has 0 aromatic carbocycles. The lowest BCUT2D eigenvalue weighted by molar-refractivity contribution is 0.190. The van der Waals surface area contributed by atoms with E-state index in [1.165, 1.54) is 0 Å². The summed E-state index contributed by atoms with van der Waals surface area (Å²) in [5, 5.41) is 3.17. The summed E-state index contributed by atoms with van der Waals surface area (Å²) >= 11 is 0. The second-order valence-corrected chi connectivity index (χ2v) is 3.93. The van der Waals surface area contributed by atoms with Crippen molar-refractivity contribution in [2.45, 2.75) is 25.8 Å². The third-order valence-electron chi connectivity index (χ3n) is 2.37. The minimum absolute atomic E-state index is 0.103. The van der Waals surface area contributed by atoms with E-state index in [0.29, 0.717) is 31.6 Å². The van der Waals surface area contributed by atoms with Crippen LogP contribution in [0.2, 0.25) is 0 Å². The van der Waals surface area contributed by atoms with Crippen molar-refractivity contribution in [2.75, 3.05) is 32.2 Å². The Morgan fingerprint density at radius 3 is 2.94 bits per heavy atom. The summed E-state index contributed by atoms with van der Waals surface area (Å²) in [4.78, 5) is 8.41. The molecule has 1 aromatic rings. The summed E-state index contributed by atoms with van der Waals surface area (Å²) in [6, 6.07) is 1.85. The number of methoxy groups -OCH3 is 1. The highest BCUT2D eigenvalue weighted by molar-refractivity contribution is 5.28. The maximum Gasteiger partial charge on any atom is 0.226 e. The van der Waals surface area contributed by atoms with Crippen LogP contribution in [0.25, 0.3) is 0 Å². The lowest BCUT2D eigenvalue weighted by atomic mass is 10.2. The van der Waals surface area contributed by atoms with Gasteiger partial charge in [-0.05, 0) is 12.8 Å². The van der Waals surface area contributed by atoms with E-state index in [9.17, 15) is 0 Å². The first-order valence-corrected chi connectivity index (χ1v) is 6.21. The molecule has 6 heteroatoms. The lowest BCUT2D eigenvalue weighted by Crippen LogP contribution is -2.30. The number of rotatable bonds is 9. The van der Waals surface area contributed by atoms with E-state index in [0.717, 1.165) is 12.8 Å². The molecule has 0 amide bonds. The summed E-state index contributed by atoms with van der Waals surface area (Å²) in [6.45, 7) is 3.86. The molecule has 18 heavy (non-hydrogen) atoms. The average molecular weight is 254 g/mol. The molecule has 0 radical (unpaired) electrons. The Bertz CT molecular complexity index is 336. The minimum Gasteiger partial charge on any atom is -0.478 e. The minimum atomic E-state index is 0.103. The van der Waals surface area contributed by atoms with Gasteiger partial charge in [-0.15, -0.1) is 0 Å². The molecule has 1 aromatic heterocycles. The fourth-order valence-electron chi connectivity index (χ4n) is 1.39. The highest BCUT2D eigenvalue weighted by Crippen LogP contribution is 2.10. The van der Waals surface area contributed by atoms with Crippen LogP contribution in [0.1, 0.15) is 19.8 Å².